The summed E-state index contributed by atoms with van der Waals surface area (Å²) >= 11 is 0. The number of rotatable bonds is 8. The van der Waals surface area contributed by atoms with Crippen LogP contribution in [0.25, 0.3) is 11.3 Å². The van der Waals surface area contributed by atoms with Crippen LogP contribution in [0.3, 0.4) is 0 Å². The van der Waals surface area contributed by atoms with Gasteiger partial charge in [0.2, 0.25) is 0 Å². The third-order valence-electron chi connectivity index (χ3n) is 5.50. The number of carbonyl (C=O) groups excluding carboxylic acids is 1. The zero-order valence-corrected chi connectivity index (χ0v) is 18.3. The molecule has 1 unspecified atom stereocenters. The number of amides is 1. The number of aromatic amines is 1. The summed E-state index contributed by atoms with van der Waals surface area (Å²) in [6.45, 7) is 5.19. The molecule has 2 aromatic carbocycles. The second-order valence-electron chi connectivity index (χ2n) is 7.33. The van der Waals surface area contributed by atoms with Crippen LogP contribution in [0, 0.1) is 0 Å². The molecule has 0 aliphatic carbocycles. The van der Waals surface area contributed by atoms with E-state index in [0.29, 0.717) is 30.3 Å². The number of carbonyl (C=O) groups is 1. The van der Waals surface area contributed by atoms with Crippen LogP contribution in [0.4, 0.5) is 0 Å². The molecule has 1 aromatic heterocycles. The molecule has 1 amide bonds. The molecular formula is C24H27N3O4. The molecule has 7 heteroatoms. The molecule has 31 heavy (non-hydrogen) atoms. The molecule has 1 atom stereocenters. The molecule has 0 fully saturated rings. The Kier molecular flexibility index (Phi) is 5.84. The molecule has 0 radical (unpaired) electrons. The van der Waals surface area contributed by atoms with Crippen LogP contribution in [-0.2, 0) is 0 Å². The van der Waals surface area contributed by atoms with E-state index < -0.39 is 0 Å². The van der Waals surface area contributed by atoms with Crippen molar-refractivity contribution in [2.45, 2.75) is 26.3 Å². The number of benzene rings is 2. The van der Waals surface area contributed by atoms with Crippen LogP contribution in [0.1, 0.15) is 47.9 Å². The number of ether oxygens (including phenoxy) is 3. The fourth-order valence-electron chi connectivity index (χ4n) is 4.11. The minimum atomic E-state index is -0.261. The van der Waals surface area contributed by atoms with Gasteiger partial charge >= 0.3 is 0 Å². The number of aromatic nitrogens is 2. The molecule has 2 heterocycles. The highest BCUT2D eigenvalue weighted by Gasteiger charge is 2.42. The molecule has 0 bridgehead atoms. The number of fused-ring (bicyclic) bond motifs is 1. The van der Waals surface area contributed by atoms with Crippen molar-refractivity contribution in [3.8, 4) is 28.5 Å². The highest BCUT2D eigenvalue weighted by atomic mass is 16.5. The zero-order valence-electron chi connectivity index (χ0n) is 18.3. The van der Waals surface area contributed by atoms with Crippen LogP contribution in [0.15, 0.2) is 42.5 Å². The zero-order chi connectivity index (χ0) is 22.0. The normalized spacial score (nSPS) is 15.2. The van der Waals surface area contributed by atoms with Gasteiger partial charge in [0.25, 0.3) is 5.91 Å². The van der Waals surface area contributed by atoms with Crippen molar-refractivity contribution < 1.29 is 19.0 Å². The summed E-state index contributed by atoms with van der Waals surface area (Å²) in [5.74, 6) is 2.06. The van der Waals surface area contributed by atoms with Gasteiger partial charge in [-0.05, 0) is 55.3 Å². The van der Waals surface area contributed by atoms with Crippen molar-refractivity contribution in [1.82, 2.24) is 15.1 Å². The fraction of sp³-hybridized carbons (Fsp3) is 0.333. The van der Waals surface area contributed by atoms with E-state index in [1.807, 2.05) is 54.3 Å². The average molecular weight is 421 g/mol. The minimum Gasteiger partial charge on any atom is -0.497 e. The van der Waals surface area contributed by atoms with Gasteiger partial charge in [-0.2, -0.15) is 5.10 Å². The molecular weight excluding hydrogens is 394 g/mol. The van der Waals surface area contributed by atoms with Crippen molar-refractivity contribution in [2.24, 2.45) is 0 Å². The average Bonchev–Trinajstić information content (AvgIpc) is 3.34. The monoisotopic (exact) mass is 421 g/mol. The second kappa shape index (κ2) is 8.71. The van der Waals surface area contributed by atoms with Crippen LogP contribution < -0.4 is 14.2 Å². The van der Waals surface area contributed by atoms with Crippen molar-refractivity contribution in [3.63, 3.8) is 0 Å². The summed E-state index contributed by atoms with van der Waals surface area (Å²) in [5, 5.41) is 7.49. The SMILES string of the molecule is CCCN1C(=O)c2[nH]nc(-c3ccc(OC)cc3)c2C1c1ccc(OCC)c(OC)c1. The van der Waals surface area contributed by atoms with Crippen LogP contribution >= 0.6 is 0 Å². The number of nitrogens with one attached hydrogen (secondary N) is 1. The summed E-state index contributed by atoms with van der Waals surface area (Å²) in [6, 6.07) is 13.3. The highest BCUT2D eigenvalue weighted by Crippen LogP contribution is 2.44. The van der Waals surface area contributed by atoms with Gasteiger partial charge in [0.05, 0.1) is 32.6 Å². The first-order valence-corrected chi connectivity index (χ1v) is 10.5. The smallest absolute Gasteiger partial charge is 0.273 e. The Morgan fingerprint density at radius 1 is 1.03 bits per heavy atom. The molecule has 1 aliphatic rings. The molecule has 162 valence electrons. The third kappa shape index (κ3) is 3.60. The fourth-order valence-corrected chi connectivity index (χ4v) is 4.11. The molecule has 1 aliphatic heterocycles. The third-order valence-corrected chi connectivity index (χ3v) is 5.50. The van der Waals surface area contributed by atoms with Gasteiger partial charge in [0.1, 0.15) is 11.4 Å². The van der Waals surface area contributed by atoms with E-state index in [1.54, 1.807) is 14.2 Å². The number of methoxy groups -OCH3 is 2. The van der Waals surface area contributed by atoms with E-state index in [-0.39, 0.29) is 11.9 Å². The Labute approximate surface area is 181 Å². The van der Waals surface area contributed by atoms with E-state index in [1.165, 1.54) is 0 Å². The van der Waals surface area contributed by atoms with E-state index >= 15 is 0 Å². The first-order valence-electron chi connectivity index (χ1n) is 10.5. The lowest BCUT2D eigenvalue weighted by Crippen LogP contribution is -2.30. The lowest BCUT2D eigenvalue weighted by molar-refractivity contribution is 0.0743. The van der Waals surface area contributed by atoms with Gasteiger partial charge in [-0.3, -0.25) is 9.89 Å². The maximum atomic E-state index is 13.2. The summed E-state index contributed by atoms with van der Waals surface area (Å²) in [4.78, 5) is 15.1. The number of hydrogen-bond donors (Lipinski definition) is 1. The Balaban J connectivity index is 1.84. The van der Waals surface area contributed by atoms with Gasteiger partial charge in [-0.25, -0.2) is 0 Å². The minimum absolute atomic E-state index is 0.0398. The Morgan fingerprint density at radius 3 is 2.45 bits per heavy atom. The van der Waals surface area contributed by atoms with Crippen LogP contribution in [-0.4, -0.2) is 48.4 Å². The van der Waals surface area contributed by atoms with Gasteiger partial charge in [-0.1, -0.05) is 13.0 Å². The Morgan fingerprint density at radius 2 is 1.81 bits per heavy atom. The predicted octanol–water partition coefficient (Wildman–Crippen LogP) is 4.45. The standard InChI is InChI=1S/C24H27N3O4/c1-5-13-27-23(16-9-12-18(31-6-2)19(14-16)30-4)20-21(25-26-22(20)24(27)28)15-7-10-17(29-3)11-8-15/h7-12,14,23H,5-6,13H2,1-4H3,(H,25,26). The topological polar surface area (TPSA) is 76.7 Å². The second-order valence-corrected chi connectivity index (χ2v) is 7.33. The van der Waals surface area contributed by atoms with Crippen molar-refractivity contribution in [1.29, 1.82) is 0 Å². The largest absolute Gasteiger partial charge is 0.497 e. The molecule has 0 saturated carbocycles. The Hall–Kier alpha value is -3.48. The van der Waals surface area contributed by atoms with Crippen LogP contribution in [0.5, 0.6) is 17.2 Å². The maximum absolute atomic E-state index is 13.2. The number of H-pyrrole nitrogens is 1. The van der Waals surface area contributed by atoms with Crippen molar-refractivity contribution in [2.75, 3.05) is 27.4 Å². The Bertz CT molecular complexity index is 1070. The van der Waals surface area contributed by atoms with Crippen LogP contribution in [0.2, 0.25) is 0 Å². The summed E-state index contributed by atoms with van der Waals surface area (Å²) in [5.41, 5.74) is 4.07. The number of hydrogen-bond acceptors (Lipinski definition) is 5. The first kappa shape index (κ1) is 20.8. The quantitative estimate of drug-likeness (QED) is 0.582. The predicted molar refractivity (Wildman–Crippen MR) is 118 cm³/mol. The summed E-state index contributed by atoms with van der Waals surface area (Å²) in [6.07, 6.45) is 0.853. The molecule has 1 N–H and O–H groups in total. The van der Waals surface area contributed by atoms with E-state index in [0.717, 1.165) is 34.6 Å². The van der Waals surface area contributed by atoms with Gasteiger partial charge in [0.15, 0.2) is 11.5 Å². The highest BCUT2D eigenvalue weighted by molar-refractivity contribution is 6.00. The lowest BCUT2D eigenvalue weighted by atomic mass is 9.95. The van der Waals surface area contributed by atoms with Gasteiger partial charge in [0, 0.05) is 17.7 Å². The van der Waals surface area contributed by atoms with E-state index in [9.17, 15) is 4.79 Å². The summed E-state index contributed by atoms with van der Waals surface area (Å²) < 4.78 is 16.5. The maximum Gasteiger partial charge on any atom is 0.273 e. The number of nitrogens with zero attached hydrogens (tertiary/aromatic N) is 2. The van der Waals surface area contributed by atoms with Crippen molar-refractivity contribution in [3.05, 3.63) is 59.3 Å². The van der Waals surface area contributed by atoms with E-state index in [4.69, 9.17) is 14.2 Å². The van der Waals surface area contributed by atoms with Gasteiger partial charge in [-0.15, -0.1) is 0 Å². The molecule has 0 saturated heterocycles. The van der Waals surface area contributed by atoms with E-state index in [2.05, 4.69) is 17.1 Å². The molecule has 4 rings (SSSR count). The first-order chi connectivity index (χ1) is 15.1. The molecule has 7 nitrogen and oxygen atoms in total. The van der Waals surface area contributed by atoms with Gasteiger partial charge < -0.3 is 19.1 Å². The summed E-state index contributed by atoms with van der Waals surface area (Å²) in [7, 11) is 3.26. The molecule has 3 aromatic rings. The molecule has 0 spiro atoms. The lowest BCUT2D eigenvalue weighted by Gasteiger charge is -2.26. The van der Waals surface area contributed by atoms with Crippen molar-refractivity contribution >= 4 is 5.91 Å².